The highest BCUT2D eigenvalue weighted by Crippen LogP contribution is 2.27. The monoisotopic (exact) mass is 328 g/mol. The van der Waals surface area contributed by atoms with Crippen molar-refractivity contribution >= 4 is 5.91 Å². The topological polar surface area (TPSA) is 68.2 Å². The molecule has 2 aromatic rings. The minimum absolute atomic E-state index is 0.0515. The van der Waals surface area contributed by atoms with Gasteiger partial charge in [-0.25, -0.2) is 0 Å². The zero-order valence-electron chi connectivity index (χ0n) is 14.0. The summed E-state index contributed by atoms with van der Waals surface area (Å²) >= 11 is 0. The summed E-state index contributed by atoms with van der Waals surface area (Å²) in [4.78, 5) is 12.9. The Labute approximate surface area is 142 Å². The lowest BCUT2D eigenvalue weighted by atomic mass is 9.87. The van der Waals surface area contributed by atoms with Crippen LogP contribution in [0.3, 0.4) is 0 Å². The lowest BCUT2D eigenvalue weighted by molar-refractivity contribution is -0.131. The highest BCUT2D eigenvalue weighted by Gasteiger charge is 2.41. The lowest BCUT2D eigenvalue weighted by Crippen LogP contribution is -2.54. The summed E-state index contributed by atoms with van der Waals surface area (Å²) in [5.74, 6) is 0.890. The first-order chi connectivity index (χ1) is 11.7. The van der Waals surface area contributed by atoms with Crippen LogP contribution in [-0.2, 0) is 16.8 Å². The van der Waals surface area contributed by atoms with E-state index in [0.29, 0.717) is 6.54 Å². The minimum Gasteiger partial charge on any atom is -0.497 e. The number of nitrogens with one attached hydrogen (secondary N) is 2. The van der Waals surface area contributed by atoms with Gasteiger partial charge < -0.3 is 15.4 Å². The van der Waals surface area contributed by atoms with Gasteiger partial charge in [0.2, 0.25) is 5.91 Å². The summed E-state index contributed by atoms with van der Waals surface area (Å²) in [5, 5.41) is 10.7. The molecule has 0 atom stereocenters. The predicted octanol–water partition coefficient (Wildman–Crippen LogP) is 1.33. The van der Waals surface area contributed by atoms with Crippen LogP contribution in [0.5, 0.6) is 5.75 Å². The van der Waals surface area contributed by atoms with Crippen LogP contribution in [0.15, 0.2) is 42.7 Å². The maximum Gasteiger partial charge on any atom is 0.248 e. The van der Waals surface area contributed by atoms with Crippen molar-refractivity contribution in [2.24, 2.45) is 0 Å². The van der Waals surface area contributed by atoms with E-state index in [1.165, 1.54) is 0 Å². The molecule has 24 heavy (non-hydrogen) atoms. The Morgan fingerprint density at radius 2 is 2.21 bits per heavy atom. The van der Waals surface area contributed by atoms with E-state index in [1.807, 2.05) is 41.2 Å². The van der Waals surface area contributed by atoms with Crippen LogP contribution in [0.2, 0.25) is 0 Å². The number of benzene rings is 1. The summed E-state index contributed by atoms with van der Waals surface area (Å²) < 4.78 is 7.05. The smallest absolute Gasteiger partial charge is 0.248 e. The van der Waals surface area contributed by atoms with Gasteiger partial charge in [0.25, 0.3) is 0 Å². The number of amides is 1. The van der Waals surface area contributed by atoms with Gasteiger partial charge in [-0.2, -0.15) is 5.10 Å². The van der Waals surface area contributed by atoms with E-state index in [2.05, 4.69) is 15.7 Å². The Morgan fingerprint density at radius 1 is 1.38 bits per heavy atom. The standard InChI is InChI=1S/C18H24N4O2/c1-24-16-5-2-4-15(14-16)6-10-20-17(23)18(7-11-19-12-8-18)22-13-3-9-21-22/h2-5,9,13-14,19H,6-8,10-12H2,1H3,(H,20,23). The summed E-state index contributed by atoms with van der Waals surface area (Å²) in [5.41, 5.74) is 0.566. The Kier molecular flexibility index (Phi) is 5.15. The Morgan fingerprint density at radius 3 is 2.92 bits per heavy atom. The lowest BCUT2D eigenvalue weighted by Gasteiger charge is -2.36. The van der Waals surface area contributed by atoms with Gasteiger partial charge in [-0.15, -0.1) is 0 Å². The number of aromatic nitrogens is 2. The maximum atomic E-state index is 12.9. The van der Waals surface area contributed by atoms with Crippen molar-refractivity contribution < 1.29 is 9.53 Å². The molecule has 2 heterocycles. The molecule has 1 aliphatic heterocycles. The molecule has 0 spiro atoms. The average Bonchev–Trinajstić information content (AvgIpc) is 3.17. The van der Waals surface area contributed by atoms with Crippen molar-refractivity contribution in [3.63, 3.8) is 0 Å². The highest BCUT2D eigenvalue weighted by atomic mass is 16.5. The second kappa shape index (κ2) is 7.49. The molecular weight excluding hydrogens is 304 g/mol. The number of carbonyl (C=O) groups excluding carboxylic acids is 1. The van der Waals surface area contributed by atoms with E-state index in [4.69, 9.17) is 4.74 Å². The number of methoxy groups -OCH3 is 1. The number of ether oxygens (including phenoxy) is 1. The third-order valence-electron chi connectivity index (χ3n) is 4.63. The van der Waals surface area contributed by atoms with Gasteiger partial charge in [-0.05, 0) is 56.1 Å². The van der Waals surface area contributed by atoms with E-state index < -0.39 is 5.54 Å². The zero-order chi connectivity index (χ0) is 16.8. The summed E-state index contributed by atoms with van der Waals surface area (Å²) in [6.07, 6.45) is 5.88. The van der Waals surface area contributed by atoms with Gasteiger partial charge in [0.05, 0.1) is 7.11 Å². The molecule has 128 valence electrons. The molecule has 6 nitrogen and oxygen atoms in total. The van der Waals surface area contributed by atoms with Crippen LogP contribution in [0.1, 0.15) is 18.4 Å². The molecule has 1 aromatic carbocycles. The van der Waals surface area contributed by atoms with Crippen LogP contribution >= 0.6 is 0 Å². The first kappa shape index (κ1) is 16.5. The van der Waals surface area contributed by atoms with Crippen LogP contribution in [0.25, 0.3) is 0 Å². The minimum atomic E-state index is -0.580. The molecule has 0 saturated carbocycles. The van der Waals surface area contributed by atoms with Gasteiger partial charge in [0.15, 0.2) is 0 Å². The molecule has 6 heteroatoms. The molecule has 1 amide bonds. The molecule has 2 N–H and O–H groups in total. The fraction of sp³-hybridized carbons (Fsp3) is 0.444. The Balaban J connectivity index is 1.64. The van der Waals surface area contributed by atoms with Crippen molar-refractivity contribution in [3.05, 3.63) is 48.3 Å². The Hall–Kier alpha value is -2.34. The third kappa shape index (κ3) is 3.43. The van der Waals surface area contributed by atoms with E-state index >= 15 is 0 Å². The molecule has 0 bridgehead atoms. The zero-order valence-corrected chi connectivity index (χ0v) is 14.0. The van der Waals surface area contributed by atoms with E-state index in [-0.39, 0.29) is 5.91 Å². The van der Waals surface area contributed by atoms with Crippen LogP contribution < -0.4 is 15.4 Å². The molecule has 1 fully saturated rings. The second-order valence-corrected chi connectivity index (χ2v) is 6.09. The third-order valence-corrected chi connectivity index (χ3v) is 4.63. The number of nitrogens with zero attached hydrogens (tertiary/aromatic N) is 2. The van der Waals surface area contributed by atoms with Gasteiger partial charge >= 0.3 is 0 Å². The van der Waals surface area contributed by atoms with E-state index in [0.717, 1.165) is 43.7 Å². The number of hydrogen-bond donors (Lipinski definition) is 2. The normalized spacial score (nSPS) is 16.5. The number of carbonyl (C=O) groups is 1. The number of hydrogen-bond acceptors (Lipinski definition) is 4. The second-order valence-electron chi connectivity index (χ2n) is 6.09. The first-order valence-electron chi connectivity index (χ1n) is 8.37. The fourth-order valence-corrected chi connectivity index (χ4v) is 3.24. The molecule has 1 saturated heterocycles. The van der Waals surface area contributed by atoms with Gasteiger partial charge in [0.1, 0.15) is 11.3 Å². The predicted molar refractivity (Wildman–Crippen MR) is 92.0 cm³/mol. The van der Waals surface area contributed by atoms with Crippen LogP contribution in [0.4, 0.5) is 0 Å². The first-order valence-corrected chi connectivity index (χ1v) is 8.37. The Bertz CT molecular complexity index is 663. The molecule has 1 aromatic heterocycles. The van der Waals surface area contributed by atoms with Crippen LogP contribution in [0, 0.1) is 0 Å². The SMILES string of the molecule is COc1cccc(CCNC(=O)C2(n3cccn3)CCNCC2)c1. The van der Waals surface area contributed by atoms with Crippen LogP contribution in [-0.4, -0.2) is 42.4 Å². The molecular formula is C18H24N4O2. The van der Waals surface area contributed by atoms with Gasteiger partial charge in [-0.1, -0.05) is 12.1 Å². The summed E-state index contributed by atoms with van der Waals surface area (Å²) in [6, 6.07) is 9.80. The molecule has 1 aliphatic rings. The number of rotatable bonds is 6. The molecule has 3 rings (SSSR count). The number of piperidine rings is 1. The highest BCUT2D eigenvalue weighted by molar-refractivity contribution is 5.84. The summed E-state index contributed by atoms with van der Waals surface area (Å²) in [7, 11) is 1.66. The fourth-order valence-electron chi connectivity index (χ4n) is 3.24. The maximum absolute atomic E-state index is 12.9. The van der Waals surface area contributed by atoms with Crippen molar-refractivity contribution in [2.75, 3.05) is 26.7 Å². The van der Waals surface area contributed by atoms with E-state index in [1.54, 1.807) is 13.3 Å². The molecule has 0 unspecified atom stereocenters. The largest absolute Gasteiger partial charge is 0.497 e. The van der Waals surface area contributed by atoms with Crippen molar-refractivity contribution in [1.29, 1.82) is 0 Å². The van der Waals surface area contributed by atoms with Crippen molar-refractivity contribution in [3.8, 4) is 5.75 Å². The van der Waals surface area contributed by atoms with Crippen molar-refractivity contribution in [1.82, 2.24) is 20.4 Å². The van der Waals surface area contributed by atoms with Crippen molar-refractivity contribution in [2.45, 2.75) is 24.8 Å². The average molecular weight is 328 g/mol. The quantitative estimate of drug-likeness (QED) is 0.839. The molecule has 0 radical (unpaired) electrons. The van der Waals surface area contributed by atoms with Gasteiger partial charge in [0, 0.05) is 18.9 Å². The van der Waals surface area contributed by atoms with Gasteiger partial charge in [-0.3, -0.25) is 9.48 Å². The van der Waals surface area contributed by atoms with E-state index in [9.17, 15) is 4.79 Å². The summed E-state index contributed by atoms with van der Waals surface area (Å²) in [6.45, 7) is 2.24. The molecule has 0 aliphatic carbocycles.